The van der Waals surface area contributed by atoms with Gasteiger partial charge < -0.3 is 0 Å². The van der Waals surface area contributed by atoms with Gasteiger partial charge in [-0.3, -0.25) is 14.7 Å². The number of anilines is 1. The Morgan fingerprint density at radius 3 is 2.54 bits per heavy atom. The van der Waals surface area contributed by atoms with E-state index in [-0.39, 0.29) is 17.7 Å². The fourth-order valence-corrected chi connectivity index (χ4v) is 4.48. The fraction of sp³-hybridized carbons (Fsp3) is 0.421. The second kappa shape index (κ2) is 9.29. The molecule has 0 saturated carbocycles. The van der Waals surface area contributed by atoms with Crippen molar-refractivity contribution >= 4 is 34.1 Å². The molecule has 0 saturated heterocycles. The van der Waals surface area contributed by atoms with Gasteiger partial charge in [0.25, 0.3) is 0 Å². The molecule has 0 unspecified atom stereocenters. The zero-order chi connectivity index (χ0) is 20.1. The highest BCUT2D eigenvalue weighted by atomic mass is 32.2. The number of carbonyl (C=O) groups excluding carboxylic acids is 1. The van der Waals surface area contributed by atoms with E-state index < -0.39 is 0 Å². The summed E-state index contributed by atoms with van der Waals surface area (Å²) >= 11 is 2.79. The van der Waals surface area contributed by atoms with Gasteiger partial charge in [0.15, 0.2) is 11.0 Å². The van der Waals surface area contributed by atoms with Crippen LogP contribution in [0.5, 0.6) is 0 Å². The number of rotatable bonds is 8. The van der Waals surface area contributed by atoms with E-state index in [2.05, 4.69) is 58.0 Å². The summed E-state index contributed by atoms with van der Waals surface area (Å²) in [6.45, 7) is 8.42. The zero-order valence-electron chi connectivity index (χ0n) is 16.4. The van der Waals surface area contributed by atoms with Gasteiger partial charge in [0, 0.05) is 18.0 Å². The number of thioether (sulfide) groups is 1. The van der Waals surface area contributed by atoms with E-state index in [0.29, 0.717) is 11.0 Å². The molecule has 148 valence electrons. The lowest BCUT2D eigenvalue weighted by Gasteiger charge is -2.13. The molecule has 7 nitrogen and oxygen atoms in total. The summed E-state index contributed by atoms with van der Waals surface area (Å²) in [5.41, 5.74) is 1.01. The Balaban J connectivity index is 1.65. The average Bonchev–Trinajstić information content (AvgIpc) is 3.27. The zero-order valence-corrected chi connectivity index (χ0v) is 18.0. The van der Waals surface area contributed by atoms with Crippen LogP contribution in [0.15, 0.2) is 35.5 Å². The monoisotopic (exact) mass is 416 g/mol. The molecule has 1 N–H and O–H groups in total. The van der Waals surface area contributed by atoms with Crippen molar-refractivity contribution in [1.29, 1.82) is 0 Å². The van der Waals surface area contributed by atoms with Crippen molar-refractivity contribution < 1.29 is 4.79 Å². The third-order valence-electron chi connectivity index (χ3n) is 3.84. The first kappa shape index (κ1) is 20.5. The van der Waals surface area contributed by atoms with Crippen LogP contribution >= 0.6 is 23.1 Å². The Labute approximate surface area is 173 Å². The molecule has 2 heterocycles. The first-order chi connectivity index (χ1) is 13.4. The maximum absolute atomic E-state index is 12.3. The van der Waals surface area contributed by atoms with Crippen LogP contribution in [0.4, 0.5) is 5.13 Å². The lowest BCUT2D eigenvalue weighted by atomic mass is 10.1. The second-order valence-corrected chi connectivity index (χ2v) is 9.08. The van der Waals surface area contributed by atoms with Crippen molar-refractivity contribution in [2.45, 2.75) is 45.3 Å². The smallest absolute Gasteiger partial charge is 0.236 e. The number of benzene rings is 1. The van der Waals surface area contributed by atoms with Gasteiger partial charge >= 0.3 is 0 Å². The van der Waals surface area contributed by atoms with E-state index >= 15 is 0 Å². The van der Waals surface area contributed by atoms with Crippen LogP contribution in [0, 0.1) is 5.92 Å². The summed E-state index contributed by atoms with van der Waals surface area (Å²) in [5.74, 6) is 1.42. The summed E-state index contributed by atoms with van der Waals surface area (Å²) in [6.07, 6.45) is 0.863. The van der Waals surface area contributed by atoms with Crippen molar-refractivity contribution in [3.8, 4) is 11.4 Å². The highest BCUT2D eigenvalue weighted by molar-refractivity contribution is 7.99. The fourth-order valence-electron chi connectivity index (χ4n) is 2.65. The van der Waals surface area contributed by atoms with E-state index in [1.807, 2.05) is 30.3 Å². The highest BCUT2D eigenvalue weighted by Gasteiger charge is 2.18. The Bertz CT molecular complexity index is 920. The number of nitrogens with one attached hydrogen (secondary N) is 1. The van der Waals surface area contributed by atoms with Crippen LogP contribution in [0.1, 0.15) is 38.7 Å². The Hall–Kier alpha value is -2.26. The average molecular weight is 417 g/mol. The summed E-state index contributed by atoms with van der Waals surface area (Å²) in [7, 11) is 0. The normalized spacial score (nSPS) is 11.4. The van der Waals surface area contributed by atoms with Crippen molar-refractivity contribution in [1.82, 2.24) is 25.0 Å². The van der Waals surface area contributed by atoms with Gasteiger partial charge in [0.1, 0.15) is 5.01 Å². The van der Waals surface area contributed by atoms with Gasteiger partial charge in [0.2, 0.25) is 11.0 Å². The maximum atomic E-state index is 12.3. The minimum Gasteiger partial charge on any atom is -0.300 e. The van der Waals surface area contributed by atoms with E-state index in [1.54, 1.807) is 0 Å². The molecule has 0 aliphatic heterocycles. The van der Waals surface area contributed by atoms with Gasteiger partial charge in [-0.25, -0.2) is 0 Å². The first-order valence-corrected chi connectivity index (χ1v) is 11.0. The van der Waals surface area contributed by atoms with Crippen molar-refractivity contribution in [3.63, 3.8) is 0 Å². The third-order valence-corrected chi connectivity index (χ3v) is 5.65. The van der Waals surface area contributed by atoms with E-state index in [9.17, 15) is 4.79 Å². The molecule has 0 radical (unpaired) electrons. The largest absolute Gasteiger partial charge is 0.300 e. The molecule has 0 bridgehead atoms. The van der Waals surface area contributed by atoms with Crippen LogP contribution in [-0.4, -0.2) is 36.6 Å². The van der Waals surface area contributed by atoms with Crippen LogP contribution < -0.4 is 5.32 Å². The molecular formula is C19H24N6OS2. The number of nitrogens with zero attached hydrogens (tertiary/aromatic N) is 5. The van der Waals surface area contributed by atoms with Gasteiger partial charge in [-0.1, -0.05) is 67.3 Å². The van der Waals surface area contributed by atoms with Gasteiger partial charge in [-0.15, -0.1) is 20.4 Å². The molecule has 0 spiro atoms. The van der Waals surface area contributed by atoms with E-state index in [4.69, 9.17) is 0 Å². The van der Waals surface area contributed by atoms with E-state index in [0.717, 1.165) is 28.0 Å². The van der Waals surface area contributed by atoms with Crippen LogP contribution in [0.2, 0.25) is 0 Å². The summed E-state index contributed by atoms with van der Waals surface area (Å²) in [6, 6.07) is 10.1. The minimum atomic E-state index is -0.128. The number of hydrogen-bond donors (Lipinski definition) is 1. The number of aromatic nitrogens is 5. The number of amides is 1. The molecule has 28 heavy (non-hydrogen) atoms. The van der Waals surface area contributed by atoms with Gasteiger partial charge in [-0.2, -0.15) is 0 Å². The quantitative estimate of drug-likeness (QED) is 0.551. The standard InChI is InChI=1S/C19H24N6OS2/c1-12(2)10-16-21-23-18(28-16)20-15(26)11-27-19-24-22-17(25(19)13(3)4)14-8-6-5-7-9-14/h5-9,12-13H,10-11H2,1-4H3,(H,20,23,26). The molecule has 0 fully saturated rings. The molecule has 3 aromatic rings. The van der Waals surface area contributed by atoms with E-state index in [1.165, 1.54) is 23.1 Å². The van der Waals surface area contributed by atoms with Crippen LogP contribution in [-0.2, 0) is 11.2 Å². The Morgan fingerprint density at radius 1 is 1.11 bits per heavy atom. The molecule has 1 aromatic carbocycles. The summed E-state index contributed by atoms with van der Waals surface area (Å²) in [4.78, 5) is 12.3. The molecule has 1 amide bonds. The molecule has 0 atom stereocenters. The second-order valence-electron chi connectivity index (χ2n) is 7.07. The van der Waals surface area contributed by atoms with Crippen molar-refractivity contribution in [2.24, 2.45) is 5.92 Å². The summed E-state index contributed by atoms with van der Waals surface area (Å²) in [5, 5.41) is 21.8. The molecular weight excluding hydrogens is 392 g/mol. The number of carbonyl (C=O) groups is 1. The molecule has 0 aliphatic carbocycles. The molecule has 9 heteroatoms. The Morgan fingerprint density at radius 2 is 1.86 bits per heavy atom. The topological polar surface area (TPSA) is 85.6 Å². The first-order valence-electron chi connectivity index (χ1n) is 9.19. The third kappa shape index (κ3) is 5.17. The predicted octanol–water partition coefficient (Wildman–Crippen LogP) is 4.31. The van der Waals surface area contributed by atoms with Crippen molar-refractivity contribution in [2.75, 3.05) is 11.1 Å². The summed E-state index contributed by atoms with van der Waals surface area (Å²) < 4.78 is 2.05. The maximum Gasteiger partial charge on any atom is 0.236 e. The molecule has 2 aromatic heterocycles. The van der Waals surface area contributed by atoms with Crippen molar-refractivity contribution in [3.05, 3.63) is 35.3 Å². The van der Waals surface area contributed by atoms with Crippen LogP contribution in [0.25, 0.3) is 11.4 Å². The van der Waals surface area contributed by atoms with Crippen LogP contribution in [0.3, 0.4) is 0 Å². The molecule has 0 aliphatic rings. The molecule has 3 rings (SSSR count). The Kier molecular flexibility index (Phi) is 6.79. The minimum absolute atomic E-state index is 0.128. The lowest BCUT2D eigenvalue weighted by Crippen LogP contribution is -2.15. The van der Waals surface area contributed by atoms with Gasteiger partial charge in [0.05, 0.1) is 5.75 Å². The van der Waals surface area contributed by atoms with Gasteiger partial charge in [-0.05, 0) is 19.8 Å². The number of hydrogen-bond acceptors (Lipinski definition) is 7. The SMILES string of the molecule is CC(C)Cc1nnc(NC(=O)CSc2nnc(-c3ccccc3)n2C(C)C)s1. The predicted molar refractivity (Wildman–Crippen MR) is 114 cm³/mol. The highest BCUT2D eigenvalue weighted by Crippen LogP contribution is 2.27. The lowest BCUT2D eigenvalue weighted by molar-refractivity contribution is -0.113.